The molecule has 0 aliphatic rings. The van der Waals surface area contributed by atoms with Gasteiger partial charge in [0.25, 0.3) is 0 Å². The monoisotopic (exact) mass is 388 g/mol. The van der Waals surface area contributed by atoms with E-state index >= 15 is 0 Å². The minimum absolute atomic E-state index is 0.0744. The Hall–Kier alpha value is -1.67. The second kappa shape index (κ2) is 7.06. The van der Waals surface area contributed by atoms with E-state index in [0.29, 0.717) is 5.56 Å². The van der Waals surface area contributed by atoms with Gasteiger partial charge < -0.3 is 0 Å². The Kier molecular flexibility index (Phi) is 5.36. The van der Waals surface area contributed by atoms with Crippen molar-refractivity contribution in [1.82, 2.24) is 9.97 Å². The molecule has 0 saturated heterocycles. The summed E-state index contributed by atoms with van der Waals surface area (Å²) >= 11 is 4.10. The number of halogens is 4. The summed E-state index contributed by atoms with van der Waals surface area (Å²) < 4.78 is 38.3. The van der Waals surface area contributed by atoms with Crippen molar-refractivity contribution in [2.45, 2.75) is 11.3 Å². The van der Waals surface area contributed by atoms with E-state index in [0.717, 1.165) is 28.5 Å². The first kappa shape index (κ1) is 16.7. The van der Waals surface area contributed by atoms with Crippen LogP contribution in [0.1, 0.15) is 16.1 Å². The van der Waals surface area contributed by atoms with Crippen LogP contribution in [-0.4, -0.2) is 15.8 Å². The Morgan fingerprint density at radius 1 is 1.18 bits per heavy atom. The number of alkyl halides is 3. The number of carbonyl (C=O) groups excluding carboxylic acids is 1. The maximum Gasteiger partial charge on any atom is 0.433 e. The molecule has 0 atom stereocenters. The van der Waals surface area contributed by atoms with Gasteiger partial charge in [-0.15, -0.1) is 0 Å². The number of allylic oxidation sites excluding steroid dienone is 1. The molecule has 0 aliphatic carbocycles. The van der Waals surface area contributed by atoms with Crippen LogP contribution in [0.2, 0.25) is 0 Å². The molecule has 1 aromatic carbocycles. The van der Waals surface area contributed by atoms with Crippen LogP contribution >= 0.6 is 27.7 Å². The summed E-state index contributed by atoms with van der Waals surface area (Å²) in [4.78, 5) is 18.9. The Morgan fingerprint density at radius 3 is 2.50 bits per heavy atom. The van der Waals surface area contributed by atoms with Crippen molar-refractivity contribution in [2.24, 2.45) is 0 Å². The standard InChI is InChI=1S/C14H8BrF3N2OS/c15-10-3-1-9(2-4-10)11(21)6-8-22-13-19-7-5-12(20-13)14(16,17)18/h1-8H/b8-6-. The number of carbonyl (C=O) groups is 1. The highest BCUT2D eigenvalue weighted by atomic mass is 79.9. The molecule has 0 fully saturated rings. The zero-order chi connectivity index (χ0) is 16.2. The number of hydrogen-bond acceptors (Lipinski definition) is 4. The van der Waals surface area contributed by atoms with Crippen molar-refractivity contribution in [3.63, 3.8) is 0 Å². The zero-order valence-electron chi connectivity index (χ0n) is 10.8. The summed E-state index contributed by atoms with van der Waals surface area (Å²) in [5, 5.41) is 1.29. The van der Waals surface area contributed by atoms with Crippen LogP contribution in [0.4, 0.5) is 13.2 Å². The van der Waals surface area contributed by atoms with Crippen LogP contribution in [0.15, 0.2) is 57.6 Å². The van der Waals surface area contributed by atoms with Crippen molar-refractivity contribution >= 4 is 33.5 Å². The first-order valence-electron chi connectivity index (χ1n) is 5.89. The Bertz CT molecular complexity index is 702. The zero-order valence-corrected chi connectivity index (χ0v) is 13.2. The molecule has 1 heterocycles. The number of nitrogens with zero attached hydrogens (tertiary/aromatic N) is 2. The molecule has 0 spiro atoms. The fourth-order valence-corrected chi connectivity index (χ4v) is 2.27. The highest BCUT2D eigenvalue weighted by molar-refractivity contribution is 9.10. The van der Waals surface area contributed by atoms with Gasteiger partial charge in [-0.3, -0.25) is 4.79 Å². The molecule has 8 heteroatoms. The van der Waals surface area contributed by atoms with Crippen LogP contribution in [0.5, 0.6) is 0 Å². The third-order valence-corrected chi connectivity index (χ3v) is 3.65. The van der Waals surface area contributed by atoms with E-state index in [9.17, 15) is 18.0 Å². The van der Waals surface area contributed by atoms with Gasteiger partial charge in [-0.2, -0.15) is 13.2 Å². The van der Waals surface area contributed by atoms with Gasteiger partial charge >= 0.3 is 6.18 Å². The van der Waals surface area contributed by atoms with E-state index in [1.165, 1.54) is 11.5 Å². The van der Waals surface area contributed by atoms with Crippen LogP contribution in [0.25, 0.3) is 0 Å². The summed E-state index contributed by atoms with van der Waals surface area (Å²) in [6.07, 6.45) is -2.23. The first-order valence-corrected chi connectivity index (χ1v) is 7.57. The lowest BCUT2D eigenvalue weighted by Crippen LogP contribution is -2.08. The van der Waals surface area contributed by atoms with Crippen LogP contribution in [-0.2, 0) is 6.18 Å². The fraction of sp³-hybridized carbons (Fsp3) is 0.0714. The second-order valence-electron chi connectivity index (χ2n) is 4.01. The molecule has 0 aliphatic heterocycles. The molecule has 114 valence electrons. The van der Waals surface area contributed by atoms with Crippen LogP contribution < -0.4 is 0 Å². The molecule has 0 bridgehead atoms. The Morgan fingerprint density at radius 2 is 1.86 bits per heavy atom. The van der Waals surface area contributed by atoms with Crippen molar-refractivity contribution in [1.29, 1.82) is 0 Å². The van der Waals surface area contributed by atoms with Gasteiger partial charge in [0.2, 0.25) is 0 Å². The van der Waals surface area contributed by atoms with Gasteiger partial charge in [0.15, 0.2) is 10.9 Å². The average molecular weight is 389 g/mol. The van der Waals surface area contributed by atoms with E-state index in [2.05, 4.69) is 25.9 Å². The van der Waals surface area contributed by atoms with Gasteiger partial charge in [-0.05, 0) is 41.8 Å². The number of hydrogen-bond donors (Lipinski definition) is 0. The van der Waals surface area contributed by atoms with E-state index in [1.54, 1.807) is 24.3 Å². The number of rotatable bonds is 4. The van der Waals surface area contributed by atoms with Gasteiger partial charge in [0, 0.05) is 16.2 Å². The molecule has 2 rings (SSSR count). The van der Waals surface area contributed by atoms with Crippen molar-refractivity contribution < 1.29 is 18.0 Å². The molecule has 0 amide bonds. The lowest BCUT2D eigenvalue weighted by atomic mass is 10.1. The summed E-state index contributed by atoms with van der Waals surface area (Å²) in [6, 6.07) is 7.53. The van der Waals surface area contributed by atoms with Crippen molar-refractivity contribution in [2.75, 3.05) is 0 Å². The molecule has 1 aromatic heterocycles. The molecule has 0 N–H and O–H groups in total. The predicted molar refractivity (Wildman–Crippen MR) is 80.5 cm³/mol. The second-order valence-corrected chi connectivity index (χ2v) is 5.80. The van der Waals surface area contributed by atoms with Crippen LogP contribution in [0, 0.1) is 0 Å². The summed E-state index contributed by atoms with van der Waals surface area (Å²) in [5.41, 5.74) is -0.539. The topological polar surface area (TPSA) is 42.9 Å². The van der Waals surface area contributed by atoms with Gasteiger partial charge in [-0.25, -0.2) is 9.97 Å². The molecule has 22 heavy (non-hydrogen) atoms. The predicted octanol–water partition coefficient (Wildman–Crippen LogP) is 4.75. The summed E-state index contributed by atoms with van der Waals surface area (Å²) in [6.45, 7) is 0. The normalized spacial score (nSPS) is 11.8. The van der Waals surface area contributed by atoms with Crippen molar-refractivity contribution in [3.05, 3.63) is 63.7 Å². The molecular formula is C14H8BrF3N2OS. The van der Waals surface area contributed by atoms with E-state index in [1.807, 2.05) is 0 Å². The van der Waals surface area contributed by atoms with Gasteiger partial charge in [0.05, 0.1) is 0 Å². The van der Waals surface area contributed by atoms with E-state index in [-0.39, 0.29) is 10.9 Å². The Labute approximate surface area is 136 Å². The molecule has 0 radical (unpaired) electrons. The third-order valence-electron chi connectivity index (χ3n) is 2.45. The van der Waals surface area contributed by atoms with E-state index in [4.69, 9.17) is 0 Å². The quantitative estimate of drug-likeness (QED) is 0.328. The maximum atomic E-state index is 12.5. The molecule has 0 saturated carbocycles. The largest absolute Gasteiger partial charge is 0.433 e. The first-order chi connectivity index (χ1) is 10.4. The molecule has 3 nitrogen and oxygen atoms in total. The number of ketones is 1. The summed E-state index contributed by atoms with van der Waals surface area (Å²) in [5.74, 6) is -0.257. The SMILES string of the molecule is O=C(/C=C\Sc1nccc(C(F)(F)F)n1)c1ccc(Br)cc1. The minimum Gasteiger partial charge on any atom is -0.289 e. The number of aromatic nitrogens is 2. The lowest BCUT2D eigenvalue weighted by Gasteiger charge is -2.05. The Balaban J connectivity index is 2.03. The minimum atomic E-state index is -4.52. The molecule has 0 unspecified atom stereocenters. The highest BCUT2D eigenvalue weighted by Gasteiger charge is 2.32. The third kappa shape index (κ3) is 4.67. The lowest BCUT2D eigenvalue weighted by molar-refractivity contribution is -0.141. The summed E-state index contributed by atoms with van der Waals surface area (Å²) in [7, 11) is 0. The van der Waals surface area contributed by atoms with Crippen LogP contribution in [0.3, 0.4) is 0 Å². The smallest absolute Gasteiger partial charge is 0.289 e. The molecule has 2 aromatic rings. The maximum absolute atomic E-state index is 12.5. The van der Waals surface area contributed by atoms with Gasteiger partial charge in [-0.1, -0.05) is 27.7 Å². The number of benzene rings is 1. The van der Waals surface area contributed by atoms with E-state index < -0.39 is 11.9 Å². The molecular weight excluding hydrogens is 381 g/mol. The highest BCUT2D eigenvalue weighted by Crippen LogP contribution is 2.28. The van der Waals surface area contributed by atoms with Gasteiger partial charge in [0.1, 0.15) is 5.69 Å². The number of thioether (sulfide) groups is 1. The average Bonchev–Trinajstić information content (AvgIpc) is 2.47. The van der Waals surface area contributed by atoms with Crippen molar-refractivity contribution in [3.8, 4) is 0 Å². The fourth-order valence-electron chi connectivity index (χ4n) is 1.42.